The van der Waals surface area contributed by atoms with Crippen molar-refractivity contribution in [2.24, 2.45) is 5.73 Å². The molecule has 0 spiro atoms. The number of carbonyl (C=O) groups excluding carboxylic acids is 2. The van der Waals surface area contributed by atoms with Crippen molar-refractivity contribution in [2.45, 2.75) is 18.6 Å². The largest absolute Gasteiger partial charge is 0.497 e. The first-order valence-corrected chi connectivity index (χ1v) is 6.59. The van der Waals surface area contributed by atoms with Gasteiger partial charge in [0, 0.05) is 25.8 Å². The summed E-state index contributed by atoms with van der Waals surface area (Å²) in [5, 5.41) is 2.73. The Kier molecular flexibility index (Phi) is 4.64. The van der Waals surface area contributed by atoms with Gasteiger partial charge >= 0.3 is 6.03 Å². The third-order valence-electron chi connectivity index (χ3n) is 3.53. The second kappa shape index (κ2) is 6.45. The SMILES string of the molecule is COc1ccc(NC(=O)N2CC(OC)CC2C(N)=O)cc1. The number of urea groups is 1. The summed E-state index contributed by atoms with van der Waals surface area (Å²) in [4.78, 5) is 25.1. The number of ether oxygens (including phenoxy) is 2. The Bertz CT molecular complexity index is 517. The smallest absolute Gasteiger partial charge is 0.322 e. The molecule has 2 atom stereocenters. The van der Waals surface area contributed by atoms with Crippen LogP contribution < -0.4 is 15.8 Å². The summed E-state index contributed by atoms with van der Waals surface area (Å²) in [7, 11) is 3.12. The highest BCUT2D eigenvalue weighted by Gasteiger charge is 2.38. The summed E-state index contributed by atoms with van der Waals surface area (Å²) >= 11 is 0. The van der Waals surface area contributed by atoms with Gasteiger partial charge in [0.1, 0.15) is 11.8 Å². The quantitative estimate of drug-likeness (QED) is 0.858. The lowest BCUT2D eigenvalue weighted by Crippen LogP contribution is -2.45. The average molecular weight is 293 g/mol. The van der Waals surface area contributed by atoms with E-state index in [9.17, 15) is 9.59 Å². The van der Waals surface area contributed by atoms with E-state index in [2.05, 4.69) is 5.32 Å². The third-order valence-corrected chi connectivity index (χ3v) is 3.53. The van der Waals surface area contributed by atoms with E-state index in [-0.39, 0.29) is 12.1 Å². The van der Waals surface area contributed by atoms with E-state index >= 15 is 0 Å². The molecule has 0 aliphatic carbocycles. The van der Waals surface area contributed by atoms with E-state index in [4.69, 9.17) is 15.2 Å². The lowest BCUT2D eigenvalue weighted by atomic mass is 10.2. The second-order valence-corrected chi connectivity index (χ2v) is 4.82. The maximum Gasteiger partial charge on any atom is 0.322 e. The molecule has 0 radical (unpaired) electrons. The molecule has 1 aromatic rings. The number of carbonyl (C=O) groups is 2. The maximum absolute atomic E-state index is 12.3. The first-order chi connectivity index (χ1) is 10.0. The lowest BCUT2D eigenvalue weighted by molar-refractivity contribution is -0.121. The first-order valence-electron chi connectivity index (χ1n) is 6.59. The van der Waals surface area contributed by atoms with Gasteiger partial charge in [-0.2, -0.15) is 0 Å². The number of primary amides is 1. The number of methoxy groups -OCH3 is 2. The van der Waals surface area contributed by atoms with Crippen LogP contribution in [-0.2, 0) is 9.53 Å². The number of amides is 3. The number of rotatable bonds is 4. The minimum Gasteiger partial charge on any atom is -0.497 e. The fourth-order valence-corrected chi connectivity index (χ4v) is 2.33. The predicted molar refractivity (Wildman–Crippen MR) is 77.1 cm³/mol. The molecule has 114 valence electrons. The molecule has 2 unspecified atom stereocenters. The van der Waals surface area contributed by atoms with Crippen molar-refractivity contribution in [1.29, 1.82) is 0 Å². The molecule has 21 heavy (non-hydrogen) atoms. The number of anilines is 1. The fraction of sp³-hybridized carbons (Fsp3) is 0.429. The van der Waals surface area contributed by atoms with Gasteiger partial charge < -0.3 is 25.4 Å². The Morgan fingerprint density at radius 3 is 2.48 bits per heavy atom. The van der Waals surface area contributed by atoms with Crippen LogP contribution in [0.4, 0.5) is 10.5 Å². The van der Waals surface area contributed by atoms with Crippen molar-refractivity contribution in [3.05, 3.63) is 24.3 Å². The van der Waals surface area contributed by atoms with Gasteiger partial charge in [0.25, 0.3) is 0 Å². The summed E-state index contributed by atoms with van der Waals surface area (Å²) in [6, 6.07) is 5.91. The number of hydrogen-bond acceptors (Lipinski definition) is 4. The Balaban J connectivity index is 2.05. The monoisotopic (exact) mass is 293 g/mol. The molecule has 0 saturated carbocycles. The van der Waals surface area contributed by atoms with Gasteiger partial charge in [-0.05, 0) is 24.3 Å². The van der Waals surface area contributed by atoms with Gasteiger partial charge in [-0.3, -0.25) is 4.79 Å². The van der Waals surface area contributed by atoms with Crippen LogP contribution in [0.25, 0.3) is 0 Å². The Labute approximate surface area is 123 Å². The topological polar surface area (TPSA) is 93.9 Å². The van der Waals surface area contributed by atoms with Crippen LogP contribution >= 0.6 is 0 Å². The highest BCUT2D eigenvalue weighted by Crippen LogP contribution is 2.22. The molecular weight excluding hydrogens is 274 g/mol. The number of nitrogens with zero attached hydrogens (tertiary/aromatic N) is 1. The van der Waals surface area contributed by atoms with Crippen LogP contribution in [0.3, 0.4) is 0 Å². The summed E-state index contributed by atoms with van der Waals surface area (Å²) < 4.78 is 10.3. The number of nitrogens with one attached hydrogen (secondary N) is 1. The van der Waals surface area contributed by atoms with Gasteiger partial charge in [-0.15, -0.1) is 0 Å². The molecule has 1 aliphatic rings. The number of likely N-dealkylation sites (tertiary alicyclic amines) is 1. The predicted octanol–water partition coefficient (Wildman–Crippen LogP) is 0.802. The molecule has 1 saturated heterocycles. The zero-order chi connectivity index (χ0) is 15.4. The van der Waals surface area contributed by atoms with Crippen LogP contribution in [0.5, 0.6) is 5.75 Å². The van der Waals surface area contributed by atoms with E-state index in [1.54, 1.807) is 38.5 Å². The zero-order valence-electron chi connectivity index (χ0n) is 12.0. The first kappa shape index (κ1) is 15.1. The van der Waals surface area contributed by atoms with Crippen molar-refractivity contribution >= 4 is 17.6 Å². The molecule has 3 N–H and O–H groups in total. The minimum atomic E-state index is -0.645. The van der Waals surface area contributed by atoms with Gasteiger partial charge in [0.05, 0.1) is 13.2 Å². The van der Waals surface area contributed by atoms with Gasteiger partial charge in [-0.25, -0.2) is 4.79 Å². The second-order valence-electron chi connectivity index (χ2n) is 4.82. The average Bonchev–Trinajstić information content (AvgIpc) is 2.92. The molecule has 3 amide bonds. The Morgan fingerprint density at radius 2 is 1.95 bits per heavy atom. The van der Waals surface area contributed by atoms with Gasteiger partial charge in [0.15, 0.2) is 0 Å². The van der Waals surface area contributed by atoms with Crippen molar-refractivity contribution in [1.82, 2.24) is 4.90 Å². The Hall–Kier alpha value is -2.28. The van der Waals surface area contributed by atoms with Crippen molar-refractivity contribution in [3.63, 3.8) is 0 Å². The van der Waals surface area contributed by atoms with Crippen LogP contribution in [0, 0.1) is 0 Å². The molecule has 7 heteroatoms. The van der Waals surface area contributed by atoms with E-state index in [0.717, 1.165) is 0 Å². The third kappa shape index (κ3) is 3.43. The van der Waals surface area contributed by atoms with Crippen molar-refractivity contribution < 1.29 is 19.1 Å². The summed E-state index contributed by atoms with van der Waals surface area (Å²) in [6.07, 6.45) is 0.242. The molecule has 2 rings (SSSR count). The van der Waals surface area contributed by atoms with Crippen LogP contribution in [0.15, 0.2) is 24.3 Å². The molecular formula is C14H19N3O4. The number of benzene rings is 1. The molecule has 1 aromatic carbocycles. The maximum atomic E-state index is 12.3. The molecule has 1 heterocycles. The van der Waals surface area contributed by atoms with Crippen molar-refractivity contribution in [2.75, 3.05) is 26.1 Å². The summed E-state index contributed by atoms with van der Waals surface area (Å²) in [6.45, 7) is 0.339. The zero-order valence-corrected chi connectivity index (χ0v) is 12.0. The van der Waals surface area contributed by atoms with E-state index in [1.807, 2.05) is 0 Å². The molecule has 7 nitrogen and oxygen atoms in total. The highest BCUT2D eigenvalue weighted by atomic mass is 16.5. The minimum absolute atomic E-state index is 0.177. The normalized spacial score (nSPS) is 21.1. The molecule has 1 aliphatic heterocycles. The summed E-state index contributed by atoms with van der Waals surface area (Å²) in [5.41, 5.74) is 5.96. The summed E-state index contributed by atoms with van der Waals surface area (Å²) in [5.74, 6) is 0.170. The van der Waals surface area contributed by atoms with E-state index in [1.165, 1.54) is 4.90 Å². The molecule has 1 fully saturated rings. The van der Waals surface area contributed by atoms with Crippen LogP contribution in [0.1, 0.15) is 6.42 Å². The van der Waals surface area contributed by atoms with Gasteiger partial charge in [0.2, 0.25) is 5.91 Å². The van der Waals surface area contributed by atoms with E-state index < -0.39 is 11.9 Å². The number of nitrogens with two attached hydrogens (primary N) is 1. The molecule has 0 bridgehead atoms. The Morgan fingerprint density at radius 1 is 1.29 bits per heavy atom. The van der Waals surface area contributed by atoms with Crippen molar-refractivity contribution in [3.8, 4) is 5.75 Å². The van der Waals surface area contributed by atoms with Crippen LogP contribution in [-0.4, -0.2) is 49.7 Å². The molecule has 0 aromatic heterocycles. The lowest BCUT2D eigenvalue weighted by Gasteiger charge is -2.22. The van der Waals surface area contributed by atoms with E-state index in [0.29, 0.717) is 24.4 Å². The fourth-order valence-electron chi connectivity index (χ4n) is 2.33. The van der Waals surface area contributed by atoms with Gasteiger partial charge in [-0.1, -0.05) is 0 Å². The van der Waals surface area contributed by atoms with Crippen LogP contribution in [0.2, 0.25) is 0 Å². The number of hydrogen-bond donors (Lipinski definition) is 2. The standard InChI is InChI=1S/C14H19N3O4/c1-20-10-5-3-9(4-6-10)16-14(19)17-8-11(21-2)7-12(17)13(15)18/h3-6,11-12H,7-8H2,1-2H3,(H2,15,18)(H,16,19). The highest BCUT2D eigenvalue weighted by molar-refractivity contribution is 5.94.